The maximum absolute atomic E-state index is 12.1. The van der Waals surface area contributed by atoms with Gasteiger partial charge in [-0.05, 0) is 49.4 Å². The van der Waals surface area contributed by atoms with E-state index < -0.39 is 12.1 Å². The molecule has 182 valence electrons. The summed E-state index contributed by atoms with van der Waals surface area (Å²) in [5.41, 5.74) is 6.49. The molecule has 2 unspecified atom stereocenters. The molecule has 0 saturated heterocycles. The largest absolute Gasteiger partial charge is 0.478 e. The van der Waals surface area contributed by atoms with Gasteiger partial charge in [-0.25, -0.2) is 4.79 Å². The molecule has 0 aliphatic rings. The highest BCUT2D eigenvalue weighted by molar-refractivity contribution is 9.10. The van der Waals surface area contributed by atoms with Crippen LogP contribution in [0.4, 0.5) is 5.69 Å². The van der Waals surface area contributed by atoms with Crippen molar-refractivity contribution in [2.45, 2.75) is 59.5 Å². The molecule has 0 amide bonds. The van der Waals surface area contributed by atoms with Gasteiger partial charge in [0, 0.05) is 22.2 Å². The monoisotopic (exact) mass is 526 g/mol. The molecule has 0 aliphatic heterocycles. The molecule has 0 bridgehead atoms. The lowest BCUT2D eigenvalue weighted by Crippen LogP contribution is -2.19. The number of hydrazone groups is 1. The number of halogens is 1. The van der Waals surface area contributed by atoms with Gasteiger partial charge in [-0.3, -0.25) is 5.43 Å². The Hall–Kier alpha value is -2.86. The van der Waals surface area contributed by atoms with Crippen LogP contribution >= 0.6 is 15.9 Å². The molecule has 2 rings (SSSR count). The zero-order valence-corrected chi connectivity index (χ0v) is 22.4. The van der Waals surface area contributed by atoms with Crippen LogP contribution in [-0.2, 0) is 10.2 Å². The predicted molar refractivity (Wildman–Crippen MR) is 145 cm³/mol. The summed E-state index contributed by atoms with van der Waals surface area (Å²) in [7, 11) is 0. The highest BCUT2D eigenvalue weighted by Gasteiger charge is 2.24. The molecule has 0 fully saturated rings. The Balaban J connectivity index is 2.30. The molecule has 6 heteroatoms. The Bertz CT molecular complexity index is 1050. The van der Waals surface area contributed by atoms with Crippen LogP contribution in [0.5, 0.6) is 5.75 Å². The van der Waals surface area contributed by atoms with Crippen molar-refractivity contribution in [1.82, 2.24) is 0 Å². The number of carboxylic acids is 1. The topological polar surface area (TPSA) is 70.9 Å². The third-order valence-electron chi connectivity index (χ3n) is 5.36. The van der Waals surface area contributed by atoms with Crippen LogP contribution in [0.2, 0.25) is 0 Å². The van der Waals surface area contributed by atoms with Crippen molar-refractivity contribution in [3.05, 3.63) is 81.9 Å². The lowest BCUT2D eigenvalue weighted by atomic mass is 9.86. The Morgan fingerprint density at radius 3 is 2.44 bits per heavy atom. The van der Waals surface area contributed by atoms with Gasteiger partial charge in [-0.1, -0.05) is 91.7 Å². The predicted octanol–water partition coefficient (Wildman–Crippen LogP) is 7.90. The SMILES string of the molecule is C/C=C\C(C=NNc1cc(Br)ccc1OC(C(=O)O)c1ccc(C(C)(C)C)cc1)/C(C)=C\CC. The summed E-state index contributed by atoms with van der Waals surface area (Å²) < 4.78 is 6.81. The molecule has 34 heavy (non-hydrogen) atoms. The Morgan fingerprint density at radius 2 is 1.88 bits per heavy atom. The van der Waals surface area contributed by atoms with Gasteiger partial charge in [0.25, 0.3) is 0 Å². The number of nitrogens with one attached hydrogen (secondary N) is 1. The standard InChI is InChI=1S/C28H35BrN2O3/c1-7-9-19(3)21(10-8-2)18-30-31-24-17-23(29)15-16-25(24)34-26(27(32)33)20-11-13-22(14-12-20)28(4,5)6/h8-18,21,26,31H,7H2,1-6H3,(H,32,33)/b10-8-,19-9-,30-18?. The number of ether oxygens (including phenoxy) is 1. The lowest BCUT2D eigenvalue weighted by Gasteiger charge is -2.21. The zero-order chi connectivity index (χ0) is 25.3. The van der Waals surface area contributed by atoms with E-state index in [9.17, 15) is 9.90 Å². The van der Waals surface area contributed by atoms with E-state index in [1.54, 1.807) is 6.07 Å². The molecule has 0 saturated carbocycles. The molecular formula is C28H35BrN2O3. The first-order chi connectivity index (χ1) is 16.1. The van der Waals surface area contributed by atoms with Crippen molar-refractivity contribution in [2.75, 3.05) is 5.43 Å². The van der Waals surface area contributed by atoms with Gasteiger partial charge in [0.05, 0.1) is 5.69 Å². The number of nitrogens with zero attached hydrogens (tertiary/aromatic N) is 1. The molecular weight excluding hydrogens is 492 g/mol. The second kappa shape index (κ2) is 12.6. The van der Waals surface area contributed by atoms with Crippen molar-refractivity contribution in [3.63, 3.8) is 0 Å². The maximum atomic E-state index is 12.1. The minimum Gasteiger partial charge on any atom is -0.478 e. The summed E-state index contributed by atoms with van der Waals surface area (Å²) in [6.07, 6.45) is 7.88. The summed E-state index contributed by atoms with van der Waals surface area (Å²) in [5, 5.41) is 14.3. The van der Waals surface area contributed by atoms with Gasteiger partial charge < -0.3 is 9.84 Å². The molecule has 0 radical (unpaired) electrons. The van der Waals surface area contributed by atoms with Gasteiger partial charge in [0.15, 0.2) is 0 Å². The van der Waals surface area contributed by atoms with Crippen molar-refractivity contribution >= 4 is 33.8 Å². The van der Waals surface area contributed by atoms with E-state index >= 15 is 0 Å². The molecule has 0 aromatic heterocycles. The number of anilines is 1. The molecule has 2 aromatic carbocycles. The van der Waals surface area contributed by atoms with Crippen LogP contribution < -0.4 is 10.2 Å². The Morgan fingerprint density at radius 1 is 1.21 bits per heavy atom. The molecule has 5 nitrogen and oxygen atoms in total. The van der Waals surface area contributed by atoms with Gasteiger partial charge >= 0.3 is 5.97 Å². The second-order valence-corrected chi connectivity index (χ2v) is 10.1. The van der Waals surface area contributed by atoms with Crippen molar-refractivity contribution < 1.29 is 14.6 Å². The third-order valence-corrected chi connectivity index (χ3v) is 5.86. The fraction of sp³-hybridized carbons (Fsp3) is 0.357. The number of carboxylic acid groups (broad SMARTS) is 1. The van der Waals surface area contributed by atoms with E-state index in [1.807, 2.05) is 55.6 Å². The van der Waals surface area contributed by atoms with Gasteiger partial charge in [0.2, 0.25) is 6.10 Å². The van der Waals surface area contributed by atoms with Crippen LogP contribution in [0.15, 0.2) is 75.8 Å². The summed E-state index contributed by atoms with van der Waals surface area (Å²) in [6.45, 7) is 12.5. The number of benzene rings is 2. The van der Waals surface area contributed by atoms with Crippen LogP contribution in [0.1, 0.15) is 65.2 Å². The molecule has 0 aliphatic carbocycles. The van der Waals surface area contributed by atoms with Crippen LogP contribution in [0.3, 0.4) is 0 Å². The number of rotatable bonds is 10. The van der Waals surface area contributed by atoms with Crippen molar-refractivity contribution in [1.29, 1.82) is 0 Å². The minimum atomic E-state index is -1.15. The fourth-order valence-corrected chi connectivity index (χ4v) is 3.77. The highest BCUT2D eigenvalue weighted by atomic mass is 79.9. The van der Waals surface area contributed by atoms with E-state index in [4.69, 9.17) is 4.74 Å². The van der Waals surface area contributed by atoms with Crippen molar-refractivity contribution in [2.24, 2.45) is 11.0 Å². The molecule has 2 aromatic rings. The van der Waals surface area contributed by atoms with Crippen LogP contribution in [0.25, 0.3) is 0 Å². The van der Waals surface area contributed by atoms with E-state index in [-0.39, 0.29) is 11.3 Å². The molecule has 0 spiro atoms. The van der Waals surface area contributed by atoms with Crippen LogP contribution in [-0.4, -0.2) is 17.3 Å². The van der Waals surface area contributed by atoms with E-state index in [0.29, 0.717) is 17.0 Å². The highest BCUT2D eigenvalue weighted by Crippen LogP contribution is 2.33. The fourth-order valence-electron chi connectivity index (χ4n) is 3.41. The smallest absolute Gasteiger partial charge is 0.349 e. The lowest BCUT2D eigenvalue weighted by molar-refractivity contribution is -0.145. The molecule has 0 heterocycles. The number of hydrogen-bond donors (Lipinski definition) is 2. The van der Waals surface area contributed by atoms with E-state index in [2.05, 4.69) is 73.2 Å². The number of hydrogen-bond acceptors (Lipinski definition) is 4. The third kappa shape index (κ3) is 7.87. The number of carbonyl (C=O) groups is 1. The van der Waals surface area contributed by atoms with Gasteiger partial charge in [-0.2, -0.15) is 5.10 Å². The van der Waals surface area contributed by atoms with Gasteiger partial charge in [-0.15, -0.1) is 0 Å². The minimum absolute atomic E-state index is 0.0194. The number of allylic oxidation sites excluding steroid dienone is 4. The Kier molecular flexibility index (Phi) is 10.1. The summed E-state index contributed by atoms with van der Waals surface area (Å²) >= 11 is 3.47. The summed E-state index contributed by atoms with van der Waals surface area (Å²) in [6, 6.07) is 12.9. The quantitative estimate of drug-likeness (QED) is 0.187. The first-order valence-electron chi connectivity index (χ1n) is 11.4. The maximum Gasteiger partial charge on any atom is 0.349 e. The Labute approximate surface area is 211 Å². The van der Waals surface area contributed by atoms with Crippen LogP contribution in [0, 0.1) is 5.92 Å². The normalized spacial score (nSPS) is 14.4. The average Bonchev–Trinajstić information content (AvgIpc) is 2.77. The van der Waals surface area contributed by atoms with Gasteiger partial charge in [0.1, 0.15) is 5.75 Å². The number of aliphatic carboxylic acids is 1. The first-order valence-corrected chi connectivity index (χ1v) is 12.2. The van der Waals surface area contributed by atoms with Crippen molar-refractivity contribution in [3.8, 4) is 5.75 Å². The summed E-state index contributed by atoms with van der Waals surface area (Å²) in [4.78, 5) is 12.1. The molecule has 2 N–H and O–H groups in total. The first kappa shape index (κ1) is 27.4. The second-order valence-electron chi connectivity index (χ2n) is 9.15. The average molecular weight is 528 g/mol. The van der Waals surface area contributed by atoms with E-state index in [0.717, 1.165) is 16.5 Å². The zero-order valence-electron chi connectivity index (χ0n) is 20.8. The summed E-state index contributed by atoms with van der Waals surface area (Å²) in [5.74, 6) is -0.590. The molecule has 2 atom stereocenters. The van der Waals surface area contributed by atoms with E-state index in [1.165, 1.54) is 5.57 Å².